The third-order valence-electron chi connectivity index (χ3n) is 6.60. The Balaban J connectivity index is 2.39. The van der Waals surface area contributed by atoms with Gasteiger partial charge in [0.05, 0.1) is 37.6 Å². The molecule has 3 aromatic rings. The second-order valence-corrected chi connectivity index (χ2v) is 11.5. The zero-order valence-electron chi connectivity index (χ0n) is 23.9. The SMILES string of the molecule is COc1ccc(F)cc1C(Cn1c(=O)n(C(C)(C)C(=O)NC(C)C)c(=O)c2c(C)c(C(=O)O)sc21)OC[C@H](C)C#N. The molecule has 11 nitrogen and oxygen atoms in total. The lowest BCUT2D eigenvalue weighted by Crippen LogP contribution is -2.56. The summed E-state index contributed by atoms with van der Waals surface area (Å²) < 4.78 is 27.8. The predicted molar refractivity (Wildman–Crippen MR) is 151 cm³/mol. The van der Waals surface area contributed by atoms with E-state index in [1.807, 2.05) is 0 Å². The van der Waals surface area contributed by atoms with E-state index in [2.05, 4.69) is 11.4 Å². The van der Waals surface area contributed by atoms with Crippen molar-refractivity contribution in [3.05, 3.63) is 60.9 Å². The highest BCUT2D eigenvalue weighted by Gasteiger charge is 2.36. The van der Waals surface area contributed by atoms with E-state index < -0.39 is 46.5 Å². The van der Waals surface area contributed by atoms with Gasteiger partial charge in [-0.2, -0.15) is 5.26 Å². The number of aromatic carboxylic acids is 1. The van der Waals surface area contributed by atoms with Crippen LogP contribution in [-0.4, -0.2) is 45.9 Å². The number of nitrogens with one attached hydrogen (secondary N) is 1. The maximum Gasteiger partial charge on any atom is 0.346 e. The lowest BCUT2D eigenvalue weighted by molar-refractivity contribution is -0.129. The topological polar surface area (TPSA) is 153 Å². The van der Waals surface area contributed by atoms with Gasteiger partial charge in [0, 0.05) is 11.6 Å². The van der Waals surface area contributed by atoms with Crippen LogP contribution in [0.4, 0.5) is 4.39 Å². The van der Waals surface area contributed by atoms with Gasteiger partial charge in [-0.15, -0.1) is 11.3 Å². The van der Waals surface area contributed by atoms with Crippen molar-refractivity contribution in [2.75, 3.05) is 13.7 Å². The third kappa shape index (κ3) is 6.18. The van der Waals surface area contributed by atoms with E-state index in [9.17, 15) is 33.9 Å². The second-order valence-electron chi connectivity index (χ2n) is 10.5. The quantitative estimate of drug-likeness (QED) is 0.345. The number of ether oxygens (including phenoxy) is 2. The summed E-state index contributed by atoms with van der Waals surface area (Å²) in [7, 11) is 1.38. The number of methoxy groups -OCH3 is 1. The maximum absolute atomic E-state index is 14.4. The van der Waals surface area contributed by atoms with E-state index in [0.717, 1.165) is 20.5 Å². The number of benzene rings is 1. The fourth-order valence-electron chi connectivity index (χ4n) is 4.41. The molecule has 220 valence electrons. The number of carboxylic acids is 1. The molecule has 0 saturated heterocycles. The summed E-state index contributed by atoms with van der Waals surface area (Å²) in [6, 6.07) is 5.54. The number of carbonyl (C=O) groups excluding carboxylic acids is 1. The molecule has 41 heavy (non-hydrogen) atoms. The van der Waals surface area contributed by atoms with Crippen LogP contribution in [0.5, 0.6) is 5.75 Å². The molecule has 2 atom stereocenters. The highest BCUT2D eigenvalue weighted by Crippen LogP contribution is 2.33. The van der Waals surface area contributed by atoms with Crippen molar-refractivity contribution in [2.45, 2.75) is 65.8 Å². The molecule has 2 N–H and O–H groups in total. The zero-order valence-corrected chi connectivity index (χ0v) is 24.7. The summed E-state index contributed by atoms with van der Waals surface area (Å²) in [5.74, 6) is -2.77. The summed E-state index contributed by atoms with van der Waals surface area (Å²) >= 11 is 0.741. The average molecular weight is 589 g/mol. The molecule has 0 aliphatic heterocycles. The Morgan fingerprint density at radius 2 is 1.90 bits per heavy atom. The number of carbonyl (C=O) groups is 2. The Hall–Kier alpha value is -4.02. The molecular formula is C28H33FN4O7S. The number of thiophene rings is 1. The van der Waals surface area contributed by atoms with Crippen LogP contribution in [0.25, 0.3) is 10.2 Å². The van der Waals surface area contributed by atoms with Crippen LogP contribution >= 0.6 is 11.3 Å². The van der Waals surface area contributed by atoms with Crippen LogP contribution in [-0.2, 0) is 21.6 Å². The van der Waals surface area contributed by atoms with Crippen LogP contribution < -0.4 is 21.3 Å². The molecule has 3 rings (SSSR count). The van der Waals surface area contributed by atoms with E-state index in [1.54, 1.807) is 20.8 Å². The number of rotatable bonds is 11. The van der Waals surface area contributed by atoms with Crippen molar-refractivity contribution < 1.29 is 28.6 Å². The molecule has 0 radical (unpaired) electrons. The molecular weight excluding hydrogens is 555 g/mol. The third-order valence-corrected chi connectivity index (χ3v) is 7.90. The largest absolute Gasteiger partial charge is 0.496 e. The van der Waals surface area contributed by atoms with Crippen molar-refractivity contribution in [3.8, 4) is 11.8 Å². The van der Waals surface area contributed by atoms with Gasteiger partial charge in [0.2, 0.25) is 5.91 Å². The molecule has 0 fully saturated rings. The number of halogens is 1. The Kier molecular flexibility index (Phi) is 9.40. The Bertz CT molecular complexity index is 1650. The van der Waals surface area contributed by atoms with Crippen LogP contribution in [0.15, 0.2) is 27.8 Å². The van der Waals surface area contributed by atoms with Gasteiger partial charge < -0.3 is 19.9 Å². The summed E-state index contributed by atoms with van der Waals surface area (Å²) in [6.07, 6.45) is -1.06. The number of hydrogen-bond donors (Lipinski definition) is 2. The Morgan fingerprint density at radius 3 is 2.46 bits per heavy atom. The van der Waals surface area contributed by atoms with E-state index in [0.29, 0.717) is 0 Å². The van der Waals surface area contributed by atoms with Crippen molar-refractivity contribution in [1.82, 2.24) is 14.5 Å². The van der Waals surface area contributed by atoms with Gasteiger partial charge in [0.15, 0.2) is 0 Å². The lowest BCUT2D eigenvalue weighted by atomic mass is 10.0. The summed E-state index contributed by atoms with van der Waals surface area (Å²) in [5, 5.41) is 21.8. The summed E-state index contributed by atoms with van der Waals surface area (Å²) in [6.45, 7) is 9.00. The average Bonchev–Trinajstić information content (AvgIpc) is 3.25. The van der Waals surface area contributed by atoms with Gasteiger partial charge in [-0.1, -0.05) is 0 Å². The van der Waals surface area contributed by atoms with Gasteiger partial charge in [0.25, 0.3) is 5.56 Å². The summed E-state index contributed by atoms with van der Waals surface area (Å²) in [5.41, 5.74) is -3.00. The lowest BCUT2D eigenvalue weighted by Gasteiger charge is -2.28. The first-order valence-corrected chi connectivity index (χ1v) is 13.7. The predicted octanol–water partition coefficient (Wildman–Crippen LogP) is 3.56. The molecule has 1 unspecified atom stereocenters. The van der Waals surface area contributed by atoms with Gasteiger partial charge in [-0.05, 0) is 65.3 Å². The fourth-order valence-corrected chi connectivity index (χ4v) is 5.55. The molecule has 1 amide bonds. The zero-order chi connectivity index (χ0) is 30.8. The minimum Gasteiger partial charge on any atom is -0.496 e. The molecule has 0 saturated carbocycles. The second kappa shape index (κ2) is 12.2. The van der Waals surface area contributed by atoms with Crippen molar-refractivity contribution in [2.24, 2.45) is 5.92 Å². The smallest absolute Gasteiger partial charge is 0.346 e. The first-order chi connectivity index (χ1) is 19.1. The van der Waals surface area contributed by atoms with E-state index >= 15 is 0 Å². The normalized spacial score (nSPS) is 13.2. The van der Waals surface area contributed by atoms with Crippen LogP contribution in [0, 0.1) is 30.0 Å². The molecule has 0 bridgehead atoms. The van der Waals surface area contributed by atoms with Crippen LogP contribution in [0.2, 0.25) is 0 Å². The number of hydrogen-bond acceptors (Lipinski definition) is 8. The highest BCUT2D eigenvalue weighted by molar-refractivity contribution is 7.20. The first-order valence-electron chi connectivity index (χ1n) is 12.8. The van der Waals surface area contributed by atoms with Crippen molar-refractivity contribution in [1.29, 1.82) is 5.26 Å². The van der Waals surface area contributed by atoms with Gasteiger partial charge in [0.1, 0.15) is 32.9 Å². The van der Waals surface area contributed by atoms with E-state index in [4.69, 9.17) is 9.47 Å². The Labute approximate surface area is 239 Å². The molecule has 0 spiro atoms. The van der Waals surface area contributed by atoms with Crippen LogP contribution in [0.1, 0.15) is 61.5 Å². The molecule has 13 heteroatoms. The van der Waals surface area contributed by atoms with E-state index in [-0.39, 0.29) is 51.2 Å². The molecule has 2 heterocycles. The first kappa shape index (κ1) is 31.5. The monoisotopic (exact) mass is 588 g/mol. The van der Waals surface area contributed by atoms with E-state index in [1.165, 1.54) is 46.1 Å². The minimum atomic E-state index is -1.67. The minimum absolute atomic E-state index is 0.0345. The molecule has 1 aromatic carbocycles. The number of aryl methyl sites for hydroxylation is 1. The van der Waals surface area contributed by atoms with Crippen molar-refractivity contribution >= 4 is 33.4 Å². The molecule has 2 aromatic heterocycles. The number of fused-ring (bicyclic) bond motifs is 1. The number of nitriles is 1. The standard InChI is InChI=1S/C28H33FN4O7S/c1-14(2)31-26(37)28(5,6)33-23(34)21-16(4)22(25(35)36)41-24(21)32(27(33)38)12-20(40-13-15(3)11-30)18-10-17(29)8-9-19(18)39-7/h8-10,14-15,20H,12-13H2,1-7H3,(H,31,37)(H,35,36)/t15-,20?/m1/s1. The van der Waals surface area contributed by atoms with Gasteiger partial charge in [-0.3, -0.25) is 14.2 Å². The fraction of sp³-hybridized carbons (Fsp3) is 0.464. The molecule has 0 aliphatic rings. The number of amides is 1. The highest BCUT2D eigenvalue weighted by atomic mass is 32.1. The number of nitrogens with zero attached hydrogens (tertiary/aromatic N) is 3. The number of carboxylic acid groups (broad SMARTS) is 1. The molecule has 0 aliphatic carbocycles. The number of aromatic nitrogens is 2. The summed E-state index contributed by atoms with van der Waals surface area (Å²) in [4.78, 5) is 53.0. The Morgan fingerprint density at radius 1 is 1.24 bits per heavy atom. The van der Waals surface area contributed by atoms with Gasteiger partial charge >= 0.3 is 11.7 Å². The van der Waals surface area contributed by atoms with Gasteiger partial charge in [-0.25, -0.2) is 18.5 Å². The van der Waals surface area contributed by atoms with Crippen molar-refractivity contribution in [3.63, 3.8) is 0 Å². The maximum atomic E-state index is 14.4. The van der Waals surface area contributed by atoms with Crippen LogP contribution in [0.3, 0.4) is 0 Å².